The van der Waals surface area contributed by atoms with E-state index in [0.717, 1.165) is 43.8 Å². The van der Waals surface area contributed by atoms with Gasteiger partial charge in [0.05, 0.1) is 6.61 Å². The van der Waals surface area contributed by atoms with Gasteiger partial charge in [0, 0.05) is 25.6 Å². The number of hydrogen-bond acceptors (Lipinski definition) is 3. The van der Waals surface area contributed by atoms with Gasteiger partial charge in [0.15, 0.2) is 0 Å². The van der Waals surface area contributed by atoms with Crippen LogP contribution in [-0.4, -0.2) is 37.2 Å². The lowest BCUT2D eigenvalue weighted by molar-refractivity contribution is 0.312. The van der Waals surface area contributed by atoms with Crippen LogP contribution in [0.5, 0.6) is 5.75 Å². The molecular weight excluding hydrogens is 248 g/mol. The molecule has 3 heteroatoms. The number of hydrogen-bond donors (Lipinski definition) is 1. The first-order chi connectivity index (χ1) is 9.88. The molecule has 1 aromatic rings. The van der Waals surface area contributed by atoms with Crippen molar-refractivity contribution < 1.29 is 4.74 Å². The van der Waals surface area contributed by atoms with Gasteiger partial charge in [-0.25, -0.2) is 0 Å². The van der Waals surface area contributed by atoms with Gasteiger partial charge in [-0.15, -0.1) is 0 Å². The van der Waals surface area contributed by atoms with E-state index in [0.29, 0.717) is 0 Å². The van der Waals surface area contributed by atoms with E-state index in [2.05, 4.69) is 28.4 Å². The van der Waals surface area contributed by atoms with Crippen molar-refractivity contribution in [2.45, 2.75) is 38.3 Å². The molecule has 108 valence electrons. The molecule has 0 aromatic heterocycles. The molecule has 3 nitrogen and oxygen atoms in total. The van der Waals surface area contributed by atoms with Crippen molar-refractivity contribution in [2.75, 3.05) is 26.2 Å². The van der Waals surface area contributed by atoms with Gasteiger partial charge in [-0.2, -0.15) is 0 Å². The second-order valence-electron chi connectivity index (χ2n) is 6.55. The first-order valence-electron chi connectivity index (χ1n) is 8.08. The van der Waals surface area contributed by atoms with Crippen LogP contribution in [0.2, 0.25) is 0 Å². The fourth-order valence-electron chi connectivity index (χ4n) is 3.57. The van der Waals surface area contributed by atoms with Gasteiger partial charge in [0.2, 0.25) is 0 Å². The van der Waals surface area contributed by atoms with Crippen LogP contribution in [0.25, 0.3) is 0 Å². The molecule has 0 amide bonds. The summed E-state index contributed by atoms with van der Waals surface area (Å²) in [6, 6.07) is 7.57. The van der Waals surface area contributed by atoms with Gasteiger partial charge in [-0.1, -0.05) is 12.1 Å². The molecule has 1 saturated heterocycles. The van der Waals surface area contributed by atoms with Crippen molar-refractivity contribution in [2.24, 2.45) is 5.92 Å². The highest BCUT2D eigenvalue weighted by Crippen LogP contribution is 2.31. The maximum atomic E-state index is 5.55. The minimum atomic E-state index is 0.852. The van der Waals surface area contributed by atoms with Crippen LogP contribution >= 0.6 is 0 Å². The molecule has 0 bridgehead atoms. The molecule has 20 heavy (non-hydrogen) atoms. The minimum absolute atomic E-state index is 0.852. The zero-order chi connectivity index (χ0) is 13.4. The number of nitrogens with one attached hydrogen (secondary N) is 1. The maximum Gasteiger partial charge on any atom is 0.122 e. The third-order valence-corrected chi connectivity index (χ3v) is 4.90. The zero-order valence-corrected chi connectivity index (χ0v) is 12.1. The van der Waals surface area contributed by atoms with E-state index in [1.54, 1.807) is 0 Å². The van der Waals surface area contributed by atoms with Crippen molar-refractivity contribution in [1.82, 2.24) is 10.2 Å². The summed E-state index contributed by atoms with van der Waals surface area (Å²) in [5.74, 6) is 1.94. The van der Waals surface area contributed by atoms with E-state index in [-0.39, 0.29) is 0 Å². The highest BCUT2D eigenvalue weighted by molar-refractivity contribution is 5.39. The Morgan fingerprint density at radius 2 is 2.20 bits per heavy atom. The summed E-state index contributed by atoms with van der Waals surface area (Å²) in [6.45, 7) is 5.65. The Hall–Kier alpha value is -1.06. The molecule has 2 aliphatic heterocycles. The number of ether oxygens (including phenoxy) is 1. The molecule has 1 aromatic carbocycles. The number of benzene rings is 1. The van der Waals surface area contributed by atoms with Gasteiger partial charge in [0.25, 0.3) is 0 Å². The lowest BCUT2D eigenvalue weighted by atomic mass is 10.1. The first-order valence-corrected chi connectivity index (χ1v) is 8.08. The van der Waals surface area contributed by atoms with Crippen molar-refractivity contribution >= 4 is 0 Å². The van der Waals surface area contributed by atoms with E-state index >= 15 is 0 Å². The second kappa shape index (κ2) is 5.38. The predicted molar refractivity (Wildman–Crippen MR) is 80.0 cm³/mol. The quantitative estimate of drug-likeness (QED) is 0.889. The smallest absolute Gasteiger partial charge is 0.122 e. The minimum Gasteiger partial charge on any atom is -0.493 e. The van der Waals surface area contributed by atoms with Crippen LogP contribution in [0.4, 0.5) is 0 Å². The average Bonchev–Trinajstić information content (AvgIpc) is 3.02. The predicted octanol–water partition coefficient (Wildman–Crippen LogP) is 2.20. The lowest BCUT2D eigenvalue weighted by Gasteiger charge is -2.15. The summed E-state index contributed by atoms with van der Waals surface area (Å²) < 4.78 is 5.55. The van der Waals surface area contributed by atoms with Crippen molar-refractivity contribution in [1.29, 1.82) is 0 Å². The Balaban J connectivity index is 1.24. The number of likely N-dealkylation sites (tertiary alicyclic amines) is 1. The van der Waals surface area contributed by atoms with Crippen molar-refractivity contribution in [3.63, 3.8) is 0 Å². The zero-order valence-electron chi connectivity index (χ0n) is 12.1. The SMILES string of the molecule is c1cc2c(cc1CNCC1CCN(C3CC3)C1)CCO2. The van der Waals surface area contributed by atoms with E-state index in [9.17, 15) is 0 Å². The Morgan fingerprint density at radius 3 is 3.10 bits per heavy atom. The molecule has 2 fully saturated rings. The Labute approximate surface area is 121 Å². The third-order valence-electron chi connectivity index (χ3n) is 4.90. The number of nitrogens with zero attached hydrogens (tertiary/aromatic N) is 1. The van der Waals surface area contributed by atoms with E-state index < -0.39 is 0 Å². The first kappa shape index (κ1) is 12.7. The summed E-state index contributed by atoms with van der Waals surface area (Å²) in [7, 11) is 0. The Morgan fingerprint density at radius 1 is 1.25 bits per heavy atom. The summed E-state index contributed by atoms with van der Waals surface area (Å²) in [5, 5.41) is 3.65. The van der Waals surface area contributed by atoms with E-state index in [1.165, 1.54) is 43.5 Å². The van der Waals surface area contributed by atoms with Crippen molar-refractivity contribution in [3.05, 3.63) is 29.3 Å². The normalized spacial score (nSPS) is 25.7. The maximum absolute atomic E-state index is 5.55. The monoisotopic (exact) mass is 272 g/mol. The highest BCUT2D eigenvalue weighted by Gasteiger charge is 2.33. The molecule has 1 unspecified atom stereocenters. The molecule has 1 N–H and O–H groups in total. The molecule has 0 spiro atoms. The fraction of sp³-hybridized carbons (Fsp3) is 0.647. The topological polar surface area (TPSA) is 24.5 Å². The number of rotatable bonds is 5. The van der Waals surface area contributed by atoms with Gasteiger partial charge >= 0.3 is 0 Å². The summed E-state index contributed by atoms with van der Waals surface area (Å²) in [5.41, 5.74) is 2.77. The van der Waals surface area contributed by atoms with E-state index in [4.69, 9.17) is 4.74 Å². The summed E-state index contributed by atoms with van der Waals surface area (Å²) in [6.07, 6.45) is 5.33. The van der Waals surface area contributed by atoms with Gasteiger partial charge < -0.3 is 15.0 Å². The van der Waals surface area contributed by atoms with Gasteiger partial charge in [-0.3, -0.25) is 0 Å². The molecule has 1 atom stereocenters. The van der Waals surface area contributed by atoms with Gasteiger partial charge in [-0.05, 0) is 55.5 Å². The molecule has 2 heterocycles. The fourth-order valence-corrected chi connectivity index (χ4v) is 3.57. The highest BCUT2D eigenvalue weighted by atomic mass is 16.5. The molecular formula is C17H24N2O. The molecule has 0 radical (unpaired) electrons. The van der Waals surface area contributed by atoms with Crippen LogP contribution in [-0.2, 0) is 13.0 Å². The van der Waals surface area contributed by atoms with Crippen LogP contribution in [0.3, 0.4) is 0 Å². The largest absolute Gasteiger partial charge is 0.493 e. The molecule has 1 aliphatic carbocycles. The van der Waals surface area contributed by atoms with Crippen LogP contribution in [0, 0.1) is 5.92 Å². The molecule has 3 aliphatic rings. The standard InChI is InChI=1S/C17H24N2O/c1-4-17-15(6-8-20-17)9-13(1)10-18-11-14-5-7-19(12-14)16-2-3-16/h1,4,9,14,16,18H,2-3,5-8,10-12H2. The van der Waals surface area contributed by atoms with Crippen LogP contribution < -0.4 is 10.1 Å². The Bertz CT molecular complexity index is 484. The van der Waals surface area contributed by atoms with Gasteiger partial charge in [0.1, 0.15) is 5.75 Å². The molecule has 1 saturated carbocycles. The second-order valence-corrected chi connectivity index (χ2v) is 6.55. The van der Waals surface area contributed by atoms with Crippen LogP contribution in [0.1, 0.15) is 30.4 Å². The summed E-state index contributed by atoms with van der Waals surface area (Å²) >= 11 is 0. The third kappa shape index (κ3) is 2.70. The average molecular weight is 272 g/mol. The van der Waals surface area contributed by atoms with E-state index in [1.807, 2.05) is 0 Å². The molecule has 4 rings (SSSR count). The van der Waals surface area contributed by atoms with Crippen molar-refractivity contribution in [3.8, 4) is 5.75 Å². The number of fused-ring (bicyclic) bond motifs is 1. The summed E-state index contributed by atoms with van der Waals surface area (Å²) in [4.78, 5) is 2.69. The van der Waals surface area contributed by atoms with Crippen LogP contribution in [0.15, 0.2) is 18.2 Å². The lowest BCUT2D eigenvalue weighted by Crippen LogP contribution is -2.27. The Kier molecular flexibility index (Phi) is 3.41.